The Morgan fingerprint density at radius 2 is 2.24 bits per heavy atom. The second-order valence-corrected chi connectivity index (χ2v) is 5.21. The van der Waals surface area contributed by atoms with Crippen molar-refractivity contribution in [2.45, 2.75) is 17.8 Å². The Bertz CT molecular complexity index is 602. The highest BCUT2D eigenvalue weighted by Gasteiger charge is 2.29. The van der Waals surface area contributed by atoms with Gasteiger partial charge < -0.3 is 4.98 Å². The van der Waals surface area contributed by atoms with Crippen LogP contribution in [0.15, 0.2) is 16.0 Å². The number of aromatic amines is 1. The number of fused-ring (bicyclic) bond motifs is 1. The molecule has 0 aliphatic rings. The average molecular weight is 280 g/mol. The molecule has 0 saturated heterocycles. The van der Waals surface area contributed by atoms with Crippen LogP contribution in [0.3, 0.4) is 0 Å². The number of thiophene rings is 1. The summed E-state index contributed by atoms with van der Waals surface area (Å²) < 4.78 is 36.6. The fraction of sp³-hybridized carbons (Fsp3) is 0.333. The molecule has 0 spiro atoms. The highest BCUT2D eigenvalue weighted by molar-refractivity contribution is 7.98. The maximum atomic E-state index is 12.2. The summed E-state index contributed by atoms with van der Waals surface area (Å²) in [6, 6.07) is 1.25. The Hall–Kier alpha value is -1.02. The Morgan fingerprint density at radius 1 is 1.53 bits per heavy atom. The van der Waals surface area contributed by atoms with Crippen LogP contribution in [-0.2, 0) is 6.42 Å². The molecule has 0 aromatic carbocycles. The molecule has 0 saturated carbocycles. The molecule has 0 unspecified atom stereocenters. The zero-order valence-corrected chi connectivity index (χ0v) is 10.2. The number of thioether (sulfide) groups is 1. The van der Waals surface area contributed by atoms with Crippen molar-refractivity contribution in [3.05, 3.63) is 21.3 Å². The van der Waals surface area contributed by atoms with Crippen molar-refractivity contribution in [3.63, 3.8) is 0 Å². The van der Waals surface area contributed by atoms with Gasteiger partial charge in [0.05, 0.1) is 11.8 Å². The lowest BCUT2D eigenvalue weighted by atomic mass is 10.3. The van der Waals surface area contributed by atoms with Crippen LogP contribution in [0.4, 0.5) is 13.2 Å². The molecule has 2 heterocycles. The first kappa shape index (κ1) is 12.4. The van der Waals surface area contributed by atoms with Crippen molar-refractivity contribution in [1.29, 1.82) is 0 Å². The number of nitrogens with zero attached hydrogens (tertiary/aromatic N) is 1. The molecular weight excluding hydrogens is 273 g/mol. The van der Waals surface area contributed by atoms with E-state index in [4.69, 9.17) is 0 Å². The molecule has 92 valence electrons. The van der Waals surface area contributed by atoms with Crippen molar-refractivity contribution in [2.24, 2.45) is 0 Å². The van der Waals surface area contributed by atoms with Gasteiger partial charge in [0.25, 0.3) is 5.56 Å². The maximum absolute atomic E-state index is 12.2. The average Bonchev–Trinajstić information content (AvgIpc) is 2.57. The number of hydrogen-bond acceptors (Lipinski definition) is 4. The molecule has 0 fully saturated rings. The number of rotatable bonds is 2. The van der Waals surface area contributed by atoms with Gasteiger partial charge in [-0.3, -0.25) is 4.79 Å². The molecule has 0 radical (unpaired) electrons. The lowest BCUT2D eigenvalue weighted by molar-refractivity contribution is -0.126. The van der Waals surface area contributed by atoms with Crippen LogP contribution in [-0.4, -0.2) is 22.4 Å². The number of H-pyrrole nitrogens is 1. The standard InChI is InChI=1S/C9H7F3N2OS2/c1-16-8-13-6(15)5-2-4(3-9(10,11)12)17-7(5)14-8/h2H,3H2,1H3,(H,13,14,15). The molecular formula is C9H7F3N2OS2. The predicted molar refractivity (Wildman–Crippen MR) is 61.8 cm³/mol. The number of halogens is 3. The molecule has 0 aliphatic heterocycles. The Labute approximate surface area is 102 Å². The molecule has 0 amide bonds. The van der Waals surface area contributed by atoms with Gasteiger partial charge in [0, 0.05) is 4.88 Å². The zero-order chi connectivity index (χ0) is 12.6. The Kier molecular flexibility index (Phi) is 3.17. The van der Waals surface area contributed by atoms with E-state index in [2.05, 4.69) is 9.97 Å². The van der Waals surface area contributed by atoms with Crippen LogP contribution in [0.25, 0.3) is 10.2 Å². The number of hydrogen-bond donors (Lipinski definition) is 1. The minimum absolute atomic E-state index is 0.101. The first-order valence-corrected chi connectivity index (χ1v) is 6.56. The molecule has 1 N–H and O–H groups in total. The van der Waals surface area contributed by atoms with Crippen molar-refractivity contribution in [3.8, 4) is 0 Å². The molecule has 0 atom stereocenters. The van der Waals surface area contributed by atoms with Gasteiger partial charge in [-0.05, 0) is 12.3 Å². The molecule has 0 bridgehead atoms. The van der Waals surface area contributed by atoms with Gasteiger partial charge in [0.1, 0.15) is 4.83 Å². The van der Waals surface area contributed by atoms with Crippen LogP contribution < -0.4 is 5.56 Å². The van der Waals surface area contributed by atoms with Gasteiger partial charge >= 0.3 is 6.18 Å². The van der Waals surface area contributed by atoms with Crippen LogP contribution in [0.5, 0.6) is 0 Å². The summed E-state index contributed by atoms with van der Waals surface area (Å²) in [7, 11) is 0. The van der Waals surface area contributed by atoms with Crippen LogP contribution in [0, 0.1) is 0 Å². The van der Waals surface area contributed by atoms with Gasteiger partial charge in [0.15, 0.2) is 5.16 Å². The number of aromatic nitrogens is 2. The van der Waals surface area contributed by atoms with E-state index in [1.165, 1.54) is 17.8 Å². The minimum atomic E-state index is -4.27. The number of alkyl halides is 3. The van der Waals surface area contributed by atoms with E-state index in [-0.39, 0.29) is 10.3 Å². The lowest BCUT2D eigenvalue weighted by Crippen LogP contribution is -2.10. The van der Waals surface area contributed by atoms with E-state index >= 15 is 0 Å². The molecule has 17 heavy (non-hydrogen) atoms. The molecule has 2 rings (SSSR count). The van der Waals surface area contributed by atoms with Crippen molar-refractivity contribution >= 4 is 33.3 Å². The topological polar surface area (TPSA) is 45.8 Å². The maximum Gasteiger partial charge on any atom is 0.393 e. The number of nitrogens with one attached hydrogen (secondary N) is 1. The summed E-state index contributed by atoms with van der Waals surface area (Å²) in [6.45, 7) is 0. The lowest BCUT2D eigenvalue weighted by Gasteiger charge is -2.01. The summed E-state index contributed by atoms with van der Waals surface area (Å²) in [5, 5.41) is 0.620. The quantitative estimate of drug-likeness (QED) is 0.679. The van der Waals surface area contributed by atoms with Gasteiger partial charge in [-0.25, -0.2) is 4.98 Å². The smallest absolute Gasteiger partial charge is 0.301 e. The molecule has 3 nitrogen and oxygen atoms in total. The monoisotopic (exact) mass is 280 g/mol. The fourth-order valence-corrected chi connectivity index (χ4v) is 2.84. The molecule has 2 aromatic rings. The van der Waals surface area contributed by atoms with Gasteiger partial charge in [0.2, 0.25) is 0 Å². The summed E-state index contributed by atoms with van der Waals surface area (Å²) >= 11 is 2.14. The van der Waals surface area contributed by atoms with E-state index in [1.54, 1.807) is 6.26 Å². The van der Waals surface area contributed by atoms with E-state index in [0.717, 1.165) is 11.3 Å². The summed E-state index contributed by atoms with van der Waals surface area (Å²) in [5.74, 6) is 0. The van der Waals surface area contributed by atoms with Crippen LogP contribution in [0.1, 0.15) is 4.88 Å². The first-order chi connectivity index (χ1) is 7.89. The van der Waals surface area contributed by atoms with Crippen molar-refractivity contribution in [1.82, 2.24) is 9.97 Å². The van der Waals surface area contributed by atoms with Crippen LogP contribution >= 0.6 is 23.1 Å². The van der Waals surface area contributed by atoms with E-state index < -0.39 is 18.2 Å². The second-order valence-electron chi connectivity index (χ2n) is 3.30. The minimum Gasteiger partial charge on any atom is -0.301 e. The third-order valence-corrected chi connectivity index (χ3v) is 3.61. The van der Waals surface area contributed by atoms with E-state index in [1.807, 2.05) is 0 Å². The molecule has 2 aromatic heterocycles. The van der Waals surface area contributed by atoms with Crippen molar-refractivity contribution in [2.75, 3.05) is 6.26 Å². The summed E-state index contributed by atoms with van der Waals surface area (Å²) in [4.78, 5) is 18.6. The SMILES string of the molecule is CSc1nc2sc(CC(F)(F)F)cc2c(=O)[nH]1. The molecule has 0 aliphatic carbocycles. The fourth-order valence-electron chi connectivity index (χ4n) is 1.34. The second kappa shape index (κ2) is 4.34. The summed E-state index contributed by atoms with van der Waals surface area (Å²) in [5.41, 5.74) is -0.399. The van der Waals surface area contributed by atoms with Crippen LogP contribution in [0.2, 0.25) is 0 Å². The molecule has 8 heteroatoms. The Balaban J connectivity index is 2.50. The largest absolute Gasteiger partial charge is 0.393 e. The third kappa shape index (κ3) is 2.81. The first-order valence-electron chi connectivity index (χ1n) is 4.52. The van der Waals surface area contributed by atoms with E-state index in [9.17, 15) is 18.0 Å². The summed E-state index contributed by atoms with van der Waals surface area (Å²) in [6.07, 6.45) is -3.56. The van der Waals surface area contributed by atoms with Gasteiger partial charge in [-0.1, -0.05) is 11.8 Å². The zero-order valence-electron chi connectivity index (χ0n) is 8.59. The predicted octanol–water partition coefficient (Wildman–Crippen LogP) is 2.81. The van der Waals surface area contributed by atoms with Crippen molar-refractivity contribution < 1.29 is 13.2 Å². The Morgan fingerprint density at radius 3 is 2.82 bits per heavy atom. The highest BCUT2D eigenvalue weighted by Crippen LogP contribution is 2.28. The highest BCUT2D eigenvalue weighted by atomic mass is 32.2. The normalized spacial score (nSPS) is 12.2. The van der Waals surface area contributed by atoms with Gasteiger partial charge in [-0.15, -0.1) is 11.3 Å². The van der Waals surface area contributed by atoms with Gasteiger partial charge in [-0.2, -0.15) is 13.2 Å². The van der Waals surface area contributed by atoms with E-state index in [0.29, 0.717) is 9.99 Å². The third-order valence-electron chi connectivity index (χ3n) is 2.00.